The summed E-state index contributed by atoms with van der Waals surface area (Å²) in [6, 6.07) is 20.8. The molecule has 0 unspecified atom stereocenters. The number of nitro groups is 1. The van der Waals surface area contributed by atoms with E-state index in [-0.39, 0.29) is 23.2 Å². The maximum Gasteiger partial charge on any atom is 0.269 e. The van der Waals surface area contributed by atoms with Gasteiger partial charge >= 0.3 is 0 Å². The summed E-state index contributed by atoms with van der Waals surface area (Å²) in [6.45, 7) is 4.11. The Balaban J connectivity index is 1.73. The van der Waals surface area contributed by atoms with Crippen molar-refractivity contribution in [3.8, 4) is 0 Å². The molecule has 0 fully saturated rings. The average Bonchev–Trinajstić information content (AvgIpc) is 2.85. The van der Waals surface area contributed by atoms with Gasteiger partial charge in [0.15, 0.2) is 5.16 Å². The number of aromatic nitrogens is 2. The molecule has 1 amide bonds. The predicted octanol–water partition coefficient (Wildman–Crippen LogP) is 4.78. The number of fused-ring (bicyclic) bond motifs is 1. The number of nitrogens with one attached hydrogen (secondary N) is 1. The molecule has 1 heterocycles. The number of carbonyl (C=O) groups excluding carboxylic acids is 1. The standard InChI is InChI=1S/C26H24N4O4S/c1-17(2)27-24(31)20-10-13-22-23(14-20)28-26(29(25(22)32)15-18-6-4-3-5-7-18)35-16-19-8-11-21(12-9-19)30(33)34/h3-14,17H,15-16H2,1-2H3,(H,27,31). The largest absolute Gasteiger partial charge is 0.350 e. The Labute approximate surface area is 206 Å². The average molecular weight is 489 g/mol. The summed E-state index contributed by atoms with van der Waals surface area (Å²) in [5.74, 6) is 0.246. The van der Waals surface area contributed by atoms with Crippen LogP contribution in [0.3, 0.4) is 0 Å². The molecule has 35 heavy (non-hydrogen) atoms. The van der Waals surface area contributed by atoms with Crippen LogP contribution in [0.4, 0.5) is 5.69 Å². The molecule has 178 valence electrons. The van der Waals surface area contributed by atoms with Crippen LogP contribution in [0, 0.1) is 10.1 Å². The summed E-state index contributed by atoms with van der Waals surface area (Å²) >= 11 is 1.37. The fraction of sp³-hybridized carbons (Fsp3) is 0.192. The Morgan fingerprint density at radius 2 is 1.77 bits per heavy atom. The van der Waals surface area contributed by atoms with Gasteiger partial charge in [0, 0.05) is 29.5 Å². The minimum absolute atomic E-state index is 0.0159. The summed E-state index contributed by atoms with van der Waals surface area (Å²) in [7, 11) is 0. The SMILES string of the molecule is CC(C)NC(=O)c1ccc2c(=O)n(Cc3ccccc3)c(SCc3ccc([N+](=O)[O-])cc3)nc2c1. The normalized spacial score (nSPS) is 11.1. The van der Waals surface area contributed by atoms with Crippen LogP contribution >= 0.6 is 11.8 Å². The molecule has 0 radical (unpaired) electrons. The molecule has 0 saturated carbocycles. The van der Waals surface area contributed by atoms with Gasteiger partial charge in [-0.3, -0.25) is 24.3 Å². The van der Waals surface area contributed by atoms with Crippen molar-refractivity contribution in [2.24, 2.45) is 0 Å². The fourth-order valence-electron chi connectivity index (χ4n) is 3.56. The first-order chi connectivity index (χ1) is 16.8. The molecule has 0 spiro atoms. The molecule has 0 aliphatic heterocycles. The van der Waals surface area contributed by atoms with E-state index in [1.165, 1.54) is 23.9 Å². The minimum atomic E-state index is -0.438. The number of hydrogen-bond acceptors (Lipinski definition) is 6. The highest BCUT2D eigenvalue weighted by molar-refractivity contribution is 7.98. The molecule has 0 aliphatic rings. The Hall–Kier alpha value is -3.98. The van der Waals surface area contributed by atoms with E-state index in [0.29, 0.717) is 33.9 Å². The van der Waals surface area contributed by atoms with Gasteiger partial charge in [0.05, 0.1) is 22.4 Å². The predicted molar refractivity (Wildman–Crippen MR) is 137 cm³/mol. The number of thioether (sulfide) groups is 1. The van der Waals surface area contributed by atoms with Crippen LogP contribution in [0.2, 0.25) is 0 Å². The molecule has 4 rings (SSSR count). The molecule has 1 aromatic heterocycles. The van der Waals surface area contributed by atoms with Gasteiger partial charge in [-0.2, -0.15) is 0 Å². The minimum Gasteiger partial charge on any atom is -0.350 e. The van der Waals surface area contributed by atoms with E-state index >= 15 is 0 Å². The Kier molecular flexibility index (Phi) is 7.26. The quantitative estimate of drug-likeness (QED) is 0.165. The number of amides is 1. The molecule has 9 heteroatoms. The first-order valence-electron chi connectivity index (χ1n) is 11.1. The monoisotopic (exact) mass is 488 g/mol. The van der Waals surface area contributed by atoms with Crippen molar-refractivity contribution in [2.75, 3.05) is 0 Å². The van der Waals surface area contributed by atoms with Crippen molar-refractivity contribution >= 4 is 34.3 Å². The highest BCUT2D eigenvalue weighted by Gasteiger charge is 2.15. The van der Waals surface area contributed by atoms with Crippen molar-refractivity contribution in [1.29, 1.82) is 0 Å². The first-order valence-corrected chi connectivity index (χ1v) is 12.1. The van der Waals surface area contributed by atoms with Crippen LogP contribution in [0.5, 0.6) is 0 Å². The fourth-order valence-corrected chi connectivity index (χ4v) is 4.52. The van der Waals surface area contributed by atoms with Gasteiger partial charge < -0.3 is 5.32 Å². The van der Waals surface area contributed by atoms with Crippen LogP contribution < -0.4 is 10.9 Å². The summed E-state index contributed by atoms with van der Waals surface area (Å²) in [5, 5.41) is 14.7. The molecule has 0 saturated heterocycles. The molecule has 3 aromatic carbocycles. The smallest absolute Gasteiger partial charge is 0.269 e. The Morgan fingerprint density at radius 1 is 1.06 bits per heavy atom. The van der Waals surface area contributed by atoms with E-state index in [9.17, 15) is 19.7 Å². The summed E-state index contributed by atoms with van der Waals surface area (Å²) in [4.78, 5) is 41.2. The number of carbonyl (C=O) groups is 1. The second-order valence-electron chi connectivity index (χ2n) is 8.34. The van der Waals surface area contributed by atoms with Gasteiger partial charge in [0.2, 0.25) is 0 Å². The number of hydrogen-bond donors (Lipinski definition) is 1. The topological polar surface area (TPSA) is 107 Å². The number of nitro benzene ring substituents is 1. The number of rotatable bonds is 8. The van der Waals surface area contributed by atoms with E-state index in [1.54, 1.807) is 34.9 Å². The number of benzene rings is 3. The lowest BCUT2D eigenvalue weighted by atomic mass is 10.1. The molecule has 0 bridgehead atoms. The third-order valence-electron chi connectivity index (χ3n) is 5.30. The Morgan fingerprint density at radius 3 is 2.43 bits per heavy atom. The van der Waals surface area contributed by atoms with E-state index in [4.69, 9.17) is 4.98 Å². The van der Waals surface area contributed by atoms with Gasteiger partial charge in [-0.25, -0.2) is 4.98 Å². The lowest BCUT2D eigenvalue weighted by Gasteiger charge is -2.14. The number of nitrogens with zero attached hydrogens (tertiary/aromatic N) is 3. The molecule has 4 aromatic rings. The summed E-state index contributed by atoms with van der Waals surface area (Å²) in [6.07, 6.45) is 0. The zero-order valence-corrected chi connectivity index (χ0v) is 20.1. The van der Waals surface area contributed by atoms with Crippen LogP contribution in [0.25, 0.3) is 10.9 Å². The van der Waals surface area contributed by atoms with E-state index < -0.39 is 4.92 Å². The van der Waals surface area contributed by atoms with Crippen LogP contribution in [-0.2, 0) is 12.3 Å². The molecule has 0 atom stereocenters. The molecular formula is C26H24N4O4S. The van der Waals surface area contributed by atoms with E-state index in [0.717, 1.165) is 11.1 Å². The first kappa shape index (κ1) is 24.2. The third kappa shape index (κ3) is 5.75. The third-order valence-corrected chi connectivity index (χ3v) is 6.35. The molecule has 1 N–H and O–H groups in total. The van der Waals surface area contributed by atoms with Gasteiger partial charge in [0.25, 0.3) is 17.2 Å². The number of non-ortho nitro benzene ring substituents is 1. The van der Waals surface area contributed by atoms with E-state index in [1.807, 2.05) is 44.2 Å². The second kappa shape index (κ2) is 10.5. The van der Waals surface area contributed by atoms with Crippen molar-refractivity contribution in [3.05, 3.63) is 110 Å². The molecule has 0 aliphatic carbocycles. The van der Waals surface area contributed by atoms with Crippen molar-refractivity contribution in [3.63, 3.8) is 0 Å². The zero-order chi connectivity index (χ0) is 24.9. The molecule has 8 nitrogen and oxygen atoms in total. The lowest BCUT2D eigenvalue weighted by molar-refractivity contribution is -0.384. The zero-order valence-electron chi connectivity index (χ0n) is 19.3. The van der Waals surface area contributed by atoms with Gasteiger partial charge in [-0.15, -0.1) is 0 Å². The Bertz CT molecular complexity index is 1430. The van der Waals surface area contributed by atoms with E-state index in [2.05, 4.69) is 5.32 Å². The van der Waals surface area contributed by atoms with Crippen LogP contribution in [0.1, 0.15) is 35.3 Å². The van der Waals surface area contributed by atoms with Crippen molar-refractivity contribution in [1.82, 2.24) is 14.9 Å². The van der Waals surface area contributed by atoms with Crippen LogP contribution in [-0.4, -0.2) is 26.4 Å². The van der Waals surface area contributed by atoms with Gasteiger partial charge in [-0.05, 0) is 43.2 Å². The van der Waals surface area contributed by atoms with Crippen molar-refractivity contribution in [2.45, 2.75) is 37.3 Å². The maximum absolute atomic E-state index is 13.5. The second-order valence-corrected chi connectivity index (χ2v) is 9.29. The summed E-state index contributed by atoms with van der Waals surface area (Å²) in [5.41, 5.74) is 2.54. The van der Waals surface area contributed by atoms with Gasteiger partial charge in [-0.1, -0.05) is 54.2 Å². The van der Waals surface area contributed by atoms with Crippen LogP contribution in [0.15, 0.2) is 82.7 Å². The molecular weight excluding hydrogens is 464 g/mol. The summed E-state index contributed by atoms with van der Waals surface area (Å²) < 4.78 is 1.63. The maximum atomic E-state index is 13.5. The van der Waals surface area contributed by atoms with Gasteiger partial charge in [0.1, 0.15) is 0 Å². The van der Waals surface area contributed by atoms with Crippen molar-refractivity contribution < 1.29 is 9.72 Å². The highest BCUT2D eigenvalue weighted by Crippen LogP contribution is 2.24. The lowest BCUT2D eigenvalue weighted by Crippen LogP contribution is -2.30. The highest BCUT2D eigenvalue weighted by atomic mass is 32.2.